The summed E-state index contributed by atoms with van der Waals surface area (Å²) in [6, 6.07) is 1.74. The number of alkyl halides is 3. The number of urea groups is 1. The van der Waals surface area contributed by atoms with Crippen LogP contribution in [-0.4, -0.2) is 47.1 Å². The Hall–Kier alpha value is -2.62. The molecule has 1 unspecified atom stereocenters. The van der Waals surface area contributed by atoms with E-state index in [0.29, 0.717) is 15.9 Å². The van der Waals surface area contributed by atoms with Crippen molar-refractivity contribution in [2.45, 2.75) is 13.1 Å². The van der Waals surface area contributed by atoms with E-state index in [2.05, 4.69) is 5.32 Å². The van der Waals surface area contributed by atoms with Gasteiger partial charge in [0.2, 0.25) is 5.91 Å². The van der Waals surface area contributed by atoms with E-state index in [9.17, 15) is 32.3 Å². The summed E-state index contributed by atoms with van der Waals surface area (Å²) >= 11 is 5.49. The lowest BCUT2D eigenvalue weighted by Crippen LogP contribution is -2.60. The van der Waals surface area contributed by atoms with Crippen LogP contribution < -0.4 is 5.32 Å². The van der Waals surface area contributed by atoms with Crippen LogP contribution in [0.25, 0.3) is 0 Å². The molecule has 0 radical (unpaired) electrons. The largest absolute Gasteiger partial charge is 0.417 e. The van der Waals surface area contributed by atoms with Crippen LogP contribution in [0, 0.1) is 5.92 Å². The van der Waals surface area contributed by atoms with Gasteiger partial charge < -0.3 is 5.32 Å². The second-order valence-electron chi connectivity index (χ2n) is 5.38. The average Bonchev–Trinajstić information content (AvgIpc) is 2.54. The fraction of sp³-hybridized carbons (Fsp3) is 0.333. The van der Waals surface area contributed by atoms with Gasteiger partial charge in [-0.1, -0.05) is 11.6 Å². The standard InChI is InChI=1S/C15H13ClF3N3O4/c1-3-22-13(25)10(12(24)21(2)14(22)26)11(23)20-7-4-5-9(16)8(6-7)15(17,18)19/h4-6,10H,3H2,1-2H3,(H,20,23). The van der Waals surface area contributed by atoms with Gasteiger partial charge in [0.05, 0.1) is 10.6 Å². The molecule has 1 aromatic carbocycles. The molecule has 0 saturated carbocycles. The smallest absolute Gasteiger partial charge is 0.325 e. The van der Waals surface area contributed by atoms with Gasteiger partial charge in [-0.25, -0.2) is 4.79 Å². The second kappa shape index (κ2) is 6.94. The number of imide groups is 2. The maximum absolute atomic E-state index is 12.9. The van der Waals surface area contributed by atoms with Gasteiger partial charge in [0.1, 0.15) is 0 Å². The average molecular weight is 392 g/mol. The van der Waals surface area contributed by atoms with Crippen LogP contribution in [0.5, 0.6) is 0 Å². The van der Waals surface area contributed by atoms with Crippen LogP contribution in [0.2, 0.25) is 5.02 Å². The summed E-state index contributed by atoms with van der Waals surface area (Å²) in [5.74, 6) is -5.12. The molecule has 140 valence electrons. The maximum atomic E-state index is 12.9. The van der Waals surface area contributed by atoms with Crippen molar-refractivity contribution in [3.8, 4) is 0 Å². The third kappa shape index (κ3) is 3.50. The topological polar surface area (TPSA) is 86.8 Å². The van der Waals surface area contributed by atoms with Crippen molar-refractivity contribution >= 4 is 41.0 Å². The highest BCUT2D eigenvalue weighted by molar-refractivity contribution is 6.31. The van der Waals surface area contributed by atoms with Gasteiger partial charge in [-0.05, 0) is 25.1 Å². The highest BCUT2D eigenvalue weighted by atomic mass is 35.5. The summed E-state index contributed by atoms with van der Waals surface area (Å²) in [6.07, 6.45) is -4.75. The van der Waals surface area contributed by atoms with Gasteiger partial charge in [-0.15, -0.1) is 0 Å². The van der Waals surface area contributed by atoms with Crippen molar-refractivity contribution in [1.82, 2.24) is 9.80 Å². The minimum atomic E-state index is -4.75. The monoisotopic (exact) mass is 391 g/mol. The highest BCUT2D eigenvalue weighted by Gasteiger charge is 2.47. The van der Waals surface area contributed by atoms with Crippen molar-refractivity contribution in [2.24, 2.45) is 5.92 Å². The SMILES string of the molecule is CCN1C(=O)C(C(=O)Nc2ccc(Cl)c(C(F)(F)F)c2)C(=O)N(C)C1=O. The van der Waals surface area contributed by atoms with Crippen molar-refractivity contribution in [2.75, 3.05) is 18.9 Å². The van der Waals surface area contributed by atoms with Gasteiger partial charge in [-0.3, -0.25) is 24.2 Å². The zero-order valence-electron chi connectivity index (χ0n) is 13.6. The zero-order chi connectivity index (χ0) is 19.8. The van der Waals surface area contributed by atoms with E-state index in [-0.39, 0.29) is 12.2 Å². The summed E-state index contributed by atoms with van der Waals surface area (Å²) in [5.41, 5.74) is -1.48. The van der Waals surface area contributed by atoms with Crippen LogP contribution in [0.15, 0.2) is 18.2 Å². The van der Waals surface area contributed by atoms with E-state index in [0.717, 1.165) is 19.2 Å². The minimum Gasteiger partial charge on any atom is -0.325 e. The molecular weight excluding hydrogens is 379 g/mol. The Kier molecular flexibility index (Phi) is 5.26. The molecule has 1 atom stereocenters. The van der Waals surface area contributed by atoms with E-state index in [1.807, 2.05) is 0 Å². The van der Waals surface area contributed by atoms with E-state index < -0.39 is 46.4 Å². The third-order valence-electron chi connectivity index (χ3n) is 3.73. The van der Waals surface area contributed by atoms with Crippen LogP contribution in [0.4, 0.5) is 23.7 Å². The van der Waals surface area contributed by atoms with Crippen LogP contribution in [-0.2, 0) is 20.6 Å². The van der Waals surface area contributed by atoms with Gasteiger partial charge >= 0.3 is 12.2 Å². The number of nitrogens with zero attached hydrogens (tertiary/aromatic N) is 2. The van der Waals surface area contributed by atoms with Crippen LogP contribution in [0.3, 0.4) is 0 Å². The minimum absolute atomic E-state index is 0.0712. The summed E-state index contributed by atoms with van der Waals surface area (Å²) in [6.45, 7) is 1.40. The molecule has 11 heteroatoms. The molecule has 5 amide bonds. The predicted molar refractivity (Wildman–Crippen MR) is 84.1 cm³/mol. The number of carbonyl (C=O) groups is 4. The molecular formula is C15H13ClF3N3O4. The number of hydrogen-bond donors (Lipinski definition) is 1. The first-order valence-corrected chi connectivity index (χ1v) is 7.67. The molecule has 1 aliphatic heterocycles. The van der Waals surface area contributed by atoms with Crippen molar-refractivity contribution in [1.29, 1.82) is 0 Å². The Bertz CT molecular complexity index is 797. The number of rotatable bonds is 3. The number of amides is 5. The number of halogens is 4. The molecule has 1 N–H and O–H groups in total. The molecule has 1 saturated heterocycles. The van der Waals surface area contributed by atoms with Crippen LogP contribution >= 0.6 is 11.6 Å². The Morgan fingerprint density at radius 2 is 1.85 bits per heavy atom. The van der Waals surface area contributed by atoms with Gasteiger partial charge in [0, 0.05) is 19.3 Å². The molecule has 1 aliphatic rings. The third-order valence-corrected chi connectivity index (χ3v) is 4.06. The molecule has 2 rings (SSSR count). The van der Waals surface area contributed by atoms with Crippen molar-refractivity contribution in [3.63, 3.8) is 0 Å². The number of nitrogens with one attached hydrogen (secondary N) is 1. The Balaban J connectivity index is 2.31. The first kappa shape index (κ1) is 19.7. The molecule has 0 aromatic heterocycles. The Labute approximate surface area is 150 Å². The van der Waals surface area contributed by atoms with Crippen molar-refractivity contribution < 1.29 is 32.3 Å². The predicted octanol–water partition coefficient (Wildman–Crippen LogP) is 2.35. The van der Waals surface area contributed by atoms with Gasteiger partial charge in [-0.2, -0.15) is 13.2 Å². The first-order valence-electron chi connectivity index (χ1n) is 7.29. The molecule has 26 heavy (non-hydrogen) atoms. The quantitative estimate of drug-likeness (QED) is 0.801. The van der Waals surface area contributed by atoms with Gasteiger partial charge in [0.25, 0.3) is 11.8 Å². The molecule has 1 aromatic rings. The molecule has 0 spiro atoms. The summed E-state index contributed by atoms with van der Waals surface area (Å²) in [4.78, 5) is 49.8. The number of hydrogen-bond acceptors (Lipinski definition) is 4. The molecule has 0 aliphatic carbocycles. The van der Waals surface area contributed by atoms with E-state index >= 15 is 0 Å². The number of carbonyl (C=O) groups excluding carboxylic acids is 4. The number of benzene rings is 1. The zero-order valence-corrected chi connectivity index (χ0v) is 14.3. The van der Waals surface area contributed by atoms with Crippen molar-refractivity contribution in [3.05, 3.63) is 28.8 Å². The first-order chi connectivity index (χ1) is 12.0. The summed E-state index contributed by atoms with van der Waals surface area (Å²) in [7, 11) is 1.10. The van der Waals surface area contributed by atoms with Gasteiger partial charge in [0.15, 0.2) is 5.92 Å². The summed E-state index contributed by atoms with van der Waals surface area (Å²) < 4.78 is 38.6. The van der Waals surface area contributed by atoms with E-state index in [1.54, 1.807) is 0 Å². The normalized spacial score (nSPS) is 18.4. The Morgan fingerprint density at radius 3 is 2.38 bits per heavy atom. The lowest BCUT2D eigenvalue weighted by atomic mass is 10.0. The maximum Gasteiger partial charge on any atom is 0.417 e. The molecule has 0 bridgehead atoms. The summed E-state index contributed by atoms with van der Waals surface area (Å²) in [5, 5.41) is 1.52. The van der Waals surface area contributed by atoms with E-state index in [4.69, 9.17) is 11.6 Å². The second-order valence-corrected chi connectivity index (χ2v) is 5.78. The highest BCUT2D eigenvalue weighted by Crippen LogP contribution is 2.36. The number of barbiturate groups is 1. The van der Waals surface area contributed by atoms with Crippen LogP contribution in [0.1, 0.15) is 12.5 Å². The molecule has 7 nitrogen and oxygen atoms in total. The fourth-order valence-electron chi connectivity index (χ4n) is 2.37. The Morgan fingerprint density at radius 1 is 1.23 bits per heavy atom. The lowest BCUT2D eigenvalue weighted by molar-refractivity contribution is -0.151. The molecule has 1 heterocycles. The van der Waals surface area contributed by atoms with E-state index in [1.165, 1.54) is 6.92 Å². The lowest BCUT2D eigenvalue weighted by Gasteiger charge is -2.33. The number of anilines is 1. The molecule has 1 fully saturated rings. The fourth-order valence-corrected chi connectivity index (χ4v) is 2.60.